The Labute approximate surface area is 129 Å². The lowest BCUT2D eigenvalue weighted by atomic mass is 10.0. The number of amides is 2. The molecule has 1 heterocycles. The van der Waals surface area contributed by atoms with Crippen molar-refractivity contribution < 1.29 is 9.59 Å². The molecular formula is C18H18N2O2. The zero-order valence-electron chi connectivity index (χ0n) is 12.5. The van der Waals surface area contributed by atoms with E-state index >= 15 is 0 Å². The molecule has 0 bridgehead atoms. The van der Waals surface area contributed by atoms with Gasteiger partial charge in [-0.2, -0.15) is 0 Å². The number of carbonyl (C=O) groups excluding carboxylic acids is 2. The molecule has 1 N–H and O–H groups in total. The standard InChI is InChI=1S/C18H18N2O2/c1-13-6-5-9-15(12-13)18(22)20-11-10-19-17(21)16(20)14-7-3-2-4-8-14/h2-9,12,16H,10-11H2,1H3,(H,19,21). The van der Waals surface area contributed by atoms with Crippen molar-refractivity contribution in [2.24, 2.45) is 0 Å². The van der Waals surface area contributed by atoms with Gasteiger partial charge >= 0.3 is 0 Å². The first-order valence-corrected chi connectivity index (χ1v) is 7.37. The van der Waals surface area contributed by atoms with Crippen molar-refractivity contribution in [3.63, 3.8) is 0 Å². The van der Waals surface area contributed by atoms with Gasteiger partial charge < -0.3 is 10.2 Å². The highest BCUT2D eigenvalue weighted by Crippen LogP contribution is 2.25. The van der Waals surface area contributed by atoms with E-state index < -0.39 is 6.04 Å². The molecule has 0 saturated carbocycles. The van der Waals surface area contributed by atoms with Crippen LogP contribution < -0.4 is 5.32 Å². The van der Waals surface area contributed by atoms with Gasteiger partial charge in [0.05, 0.1) is 0 Å². The van der Waals surface area contributed by atoms with Crippen molar-refractivity contribution in [3.05, 3.63) is 71.3 Å². The van der Waals surface area contributed by atoms with Gasteiger partial charge in [-0.05, 0) is 24.6 Å². The highest BCUT2D eigenvalue weighted by molar-refractivity contribution is 5.98. The Morgan fingerprint density at radius 1 is 1.14 bits per heavy atom. The predicted octanol–water partition coefficient (Wildman–Crippen LogP) is 2.31. The Hall–Kier alpha value is -2.62. The number of piperazine rings is 1. The van der Waals surface area contributed by atoms with Gasteiger partial charge in [0.25, 0.3) is 5.91 Å². The Bertz CT molecular complexity index is 697. The summed E-state index contributed by atoms with van der Waals surface area (Å²) in [6, 6.07) is 16.3. The van der Waals surface area contributed by atoms with E-state index in [9.17, 15) is 9.59 Å². The summed E-state index contributed by atoms with van der Waals surface area (Å²) in [4.78, 5) is 26.8. The van der Waals surface area contributed by atoms with Gasteiger partial charge in [-0.15, -0.1) is 0 Å². The van der Waals surface area contributed by atoms with E-state index in [0.29, 0.717) is 18.7 Å². The first-order valence-electron chi connectivity index (χ1n) is 7.37. The third kappa shape index (κ3) is 2.72. The second kappa shape index (κ2) is 6.02. The number of rotatable bonds is 2. The summed E-state index contributed by atoms with van der Waals surface area (Å²) in [5.74, 6) is -0.231. The van der Waals surface area contributed by atoms with Crippen LogP contribution >= 0.6 is 0 Å². The lowest BCUT2D eigenvalue weighted by Crippen LogP contribution is -2.52. The lowest BCUT2D eigenvalue weighted by Gasteiger charge is -2.35. The van der Waals surface area contributed by atoms with Gasteiger partial charge in [0.15, 0.2) is 0 Å². The molecule has 2 aromatic rings. The van der Waals surface area contributed by atoms with Crippen LogP contribution in [0.4, 0.5) is 0 Å². The molecule has 1 aliphatic heterocycles. The minimum absolute atomic E-state index is 0.104. The summed E-state index contributed by atoms with van der Waals surface area (Å²) < 4.78 is 0. The van der Waals surface area contributed by atoms with Crippen molar-refractivity contribution in [3.8, 4) is 0 Å². The predicted molar refractivity (Wildman–Crippen MR) is 84.4 cm³/mol. The molecule has 2 amide bonds. The number of hydrogen-bond donors (Lipinski definition) is 1. The van der Waals surface area contributed by atoms with Crippen LogP contribution in [0.3, 0.4) is 0 Å². The highest BCUT2D eigenvalue weighted by atomic mass is 16.2. The Morgan fingerprint density at radius 3 is 2.64 bits per heavy atom. The monoisotopic (exact) mass is 294 g/mol. The van der Waals surface area contributed by atoms with Crippen LogP contribution in [0.25, 0.3) is 0 Å². The van der Waals surface area contributed by atoms with Crippen LogP contribution in [-0.2, 0) is 4.79 Å². The average Bonchev–Trinajstić information content (AvgIpc) is 2.55. The van der Waals surface area contributed by atoms with E-state index in [-0.39, 0.29) is 11.8 Å². The molecule has 0 aromatic heterocycles. The van der Waals surface area contributed by atoms with Gasteiger partial charge in [0, 0.05) is 18.7 Å². The number of benzene rings is 2. The molecule has 3 rings (SSSR count). The fourth-order valence-electron chi connectivity index (χ4n) is 2.80. The third-order valence-corrected chi connectivity index (χ3v) is 3.85. The van der Waals surface area contributed by atoms with Crippen LogP contribution in [0.15, 0.2) is 54.6 Å². The largest absolute Gasteiger partial charge is 0.352 e. The van der Waals surface area contributed by atoms with Crippen LogP contribution in [0, 0.1) is 6.92 Å². The van der Waals surface area contributed by atoms with Crippen LogP contribution in [0.1, 0.15) is 27.5 Å². The van der Waals surface area contributed by atoms with Gasteiger partial charge in [-0.1, -0.05) is 48.0 Å². The van der Waals surface area contributed by atoms with Crippen molar-refractivity contribution in [1.29, 1.82) is 0 Å². The molecule has 1 unspecified atom stereocenters. The molecule has 1 aliphatic rings. The van der Waals surface area contributed by atoms with Gasteiger partial charge in [-0.3, -0.25) is 9.59 Å². The van der Waals surface area contributed by atoms with E-state index in [1.807, 2.05) is 55.5 Å². The summed E-state index contributed by atoms with van der Waals surface area (Å²) in [6.07, 6.45) is 0. The zero-order chi connectivity index (χ0) is 15.5. The molecule has 0 radical (unpaired) electrons. The number of nitrogens with one attached hydrogen (secondary N) is 1. The normalized spacial score (nSPS) is 18.0. The van der Waals surface area contributed by atoms with Crippen molar-refractivity contribution in [1.82, 2.24) is 10.2 Å². The first kappa shape index (κ1) is 14.3. The van der Waals surface area contributed by atoms with E-state index in [0.717, 1.165) is 11.1 Å². The minimum Gasteiger partial charge on any atom is -0.352 e. The van der Waals surface area contributed by atoms with Gasteiger partial charge in [0.2, 0.25) is 5.91 Å². The van der Waals surface area contributed by atoms with Crippen LogP contribution in [0.5, 0.6) is 0 Å². The number of aryl methyl sites for hydroxylation is 1. The molecule has 0 spiro atoms. The van der Waals surface area contributed by atoms with E-state index in [2.05, 4.69) is 5.32 Å². The van der Waals surface area contributed by atoms with Gasteiger partial charge in [-0.25, -0.2) is 0 Å². The third-order valence-electron chi connectivity index (χ3n) is 3.85. The highest BCUT2D eigenvalue weighted by Gasteiger charge is 2.34. The molecule has 112 valence electrons. The Morgan fingerprint density at radius 2 is 1.91 bits per heavy atom. The van der Waals surface area contributed by atoms with Crippen LogP contribution in [0.2, 0.25) is 0 Å². The van der Waals surface area contributed by atoms with Crippen molar-refractivity contribution >= 4 is 11.8 Å². The molecule has 4 nitrogen and oxygen atoms in total. The average molecular weight is 294 g/mol. The second-order valence-electron chi connectivity index (χ2n) is 5.47. The number of carbonyl (C=O) groups is 2. The first-order chi connectivity index (χ1) is 10.7. The molecule has 2 aromatic carbocycles. The fraction of sp³-hybridized carbons (Fsp3) is 0.222. The number of nitrogens with zero attached hydrogens (tertiary/aromatic N) is 1. The maximum Gasteiger partial charge on any atom is 0.254 e. The maximum atomic E-state index is 12.8. The summed E-state index contributed by atoms with van der Waals surface area (Å²) in [5, 5.41) is 2.85. The van der Waals surface area contributed by atoms with Crippen molar-refractivity contribution in [2.75, 3.05) is 13.1 Å². The zero-order valence-corrected chi connectivity index (χ0v) is 12.5. The van der Waals surface area contributed by atoms with E-state index in [1.165, 1.54) is 0 Å². The summed E-state index contributed by atoms with van der Waals surface area (Å²) in [6.45, 7) is 2.95. The molecule has 1 atom stereocenters. The molecule has 4 heteroatoms. The molecule has 1 fully saturated rings. The summed E-state index contributed by atoms with van der Waals surface area (Å²) in [7, 11) is 0. The summed E-state index contributed by atoms with van der Waals surface area (Å²) >= 11 is 0. The lowest BCUT2D eigenvalue weighted by molar-refractivity contribution is -0.128. The van der Waals surface area contributed by atoms with Gasteiger partial charge in [0.1, 0.15) is 6.04 Å². The topological polar surface area (TPSA) is 49.4 Å². The minimum atomic E-state index is -0.567. The van der Waals surface area contributed by atoms with Crippen LogP contribution in [-0.4, -0.2) is 29.8 Å². The molecule has 0 aliphatic carbocycles. The smallest absolute Gasteiger partial charge is 0.254 e. The molecule has 1 saturated heterocycles. The second-order valence-corrected chi connectivity index (χ2v) is 5.47. The summed E-state index contributed by atoms with van der Waals surface area (Å²) in [5.41, 5.74) is 2.49. The molecular weight excluding hydrogens is 276 g/mol. The van der Waals surface area contributed by atoms with E-state index in [1.54, 1.807) is 11.0 Å². The fourth-order valence-corrected chi connectivity index (χ4v) is 2.80. The van der Waals surface area contributed by atoms with Crippen molar-refractivity contribution in [2.45, 2.75) is 13.0 Å². The SMILES string of the molecule is Cc1cccc(C(=O)N2CCNC(=O)C2c2ccccc2)c1. The Kier molecular flexibility index (Phi) is 3.92. The quantitative estimate of drug-likeness (QED) is 0.924. The van der Waals surface area contributed by atoms with E-state index in [4.69, 9.17) is 0 Å². The molecule has 22 heavy (non-hydrogen) atoms. The number of hydrogen-bond acceptors (Lipinski definition) is 2. The maximum absolute atomic E-state index is 12.8. The Balaban J connectivity index is 1.96.